The number of carbonyl (C=O) groups excluding carboxylic acids is 1. The summed E-state index contributed by atoms with van der Waals surface area (Å²) in [5.41, 5.74) is 1.17. The summed E-state index contributed by atoms with van der Waals surface area (Å²) in [5.74, 6) is -0.349. The van der Waals surface area contributed by atoms with E-state index in [4.69, 9.17) is 4.74 Å². The Bertz CT molecular complexity index is 995. The van der Waals surface area contributed by atoms with Gasteiger partial charge in [0.15, 0.2) is 0 Å². The van der Waals surface area contributed by atoms with E-state index in [1.165, 1.54) is 9.87 Å². The molecule has 0 bridgehead atoms. The molecule has 7 heteroatoms. The Kier molecular flexibility index (Phi) is 6.74. The maximum absolute atomic E-state index is 13.2. The molecule has 0 saturated carbocycles. The van der Waals surface area contributed by atoms with Crippen LogP contribution in [0.3, 0.4) is 0 Å². The molecule has 6 nitrogen and oxygen atoms in total. The van der Waals surface area contributed by atoms with Gasteiger partial charge >= 0.3 is 0 Å². The van der Waals surface area contributed by atoms with Gasteiger partial charge in [0.1, 0.15) is 0 Å². The van der Waals surface area contributed by atoms with Crippen molar-refractivity contribution in [3.63, 3.8) is 0 Å². The number of sulfonamides is 1. The number of amides is 1. The van der Waals surface area contributed by atoms with Gasteiger partial charge in [0, 0.05) is 38.3 Å². The molecule has 0 atom stereocenters. The van der Waals surface area contributed by atoms with Gasteiger partial charge in [0.25, 0.3) is 5.91 Å². The predicted molar refractivity (Wildman–Crippen MR) is 120 cm³/mol. The largest absolute Gasteiger partial charge is 0.381 e. The number of nitrogens with one attached hydrogen (secondary N) is 1. The quantitative estimate of drug-likeness (QED) is 0.745. The highest BCUT2D eigenvalue weighted by Crippen LogP contribution is 2.34. The number of benzene rings is 2. The second-order valence-corrected chi connectivity index (χ2v) is 10.3. The summed E-state index contributed by atoms with van der Waals surface area (Å²) >= 11 is 0. The normalized spacial score (nSPS) is 19.6. The molecule has 2 aromatic rings. The Labute approximate surface area is 184 Å². The van der Waals surface area contributed by atoms with E-state index in [0.717, 1.165) is 32.1 Å². The van der Waals surface area contributed by atoms with Gasteiger partial charge in [0.2, 0.25) is 10.0 Å². The molecule has 0 radical (unpaired) electrons. The van der Waals surface area contributed by atoms with Gasteiger partial charge in [-0.25, -0.2) is 8.42 Å². The second-order valence-electron chi connectivity index (χ2n) is 8.40. The molecule has 2 fully saturated rings. The lowest BCUT2D eigenvalue weighted by atomic mass is 9.74. The van der Waals surface area contributed by atoms with Crippen molar-refractivity contribution in [1.82, 2.24) is 9.62 Å². The van der Waals surface area contributed by atoms with Crippen LogP contribution in [0, 0.1) is 0 Å². The third-order valence-corrected chi connectivity index (χ3v) is 8.44. The van der Waals surface area contributed by atoms with Gasteiger partial charge < -0.3 is 10.1 Å². The molecule has 31 heavy (non-hydrogen) atoms. The zero-order valence-electron chi connectivity index (χ0n) is 17.8. The molecule has 4 rings (SSSR count). The van der Waals surface area contributed by atoms with E-state index in [-0.39, 0.29) is 21.8 Å². The minimum Gasteiger partial charge on any atom is -0.381 e. The monoisotopic (exact) mass is 442 g/mol. The molecule has 0 aliphatic carbocycles. The summed E-state index contributed by atoms with van der Waals surface area (Å²) in [5, 5.41) is 3.05. The number of hydrogen-bond donors (Lipinski definition) is 1. The number of ether oxygens (including phenoxy) is 1. The highest BCUT2D eigenvalue weighted by Gasteiger charge is 2.36. The SMILES string of the molecule is O=C(NCC1(c2ccccc2)CCOCC1)c1ccccc1S(=O)(=O)N1CCCCC1. The molecule has 2 heterocycles. The minimum absolute atomic E-state index is 0.0927. The molecule has 2 aromatic carbocycles. The fraction of sp³-hybridized carbons (Fsp3) is 0.458. The van der Waals surface area contributed by atoms with E-state index in [1.807, 2.05) is 18.2 Å². The van der Waals surface area contributed by atoms with Crippen molar-refractivity contribution in [2.45, 2.75) is 42.4 Å². The summed E-state index contributed by atoms with van der Waals surface area (Å²) in [6, 6.07) is 16.7. The van der Waals surface area contributed by atoms with Crippen molar-refractivity contribution >= 4 is 15.9 Å². The van der Waals surface area contributed by atoms with E-state index in [2.05, 4.69) is 17.4 Å². The van der Waals surface area contributed by atoms with E-state index in [1.54, 1.807) is 24.3 Å². The van der Waals surface area contributed by atoms with Crippen molar-refractivity contribution in [3.8, 4) is 0 Å². The molecule has 0 unspecified atom stereocenters. The second kappa shape index (κ2) is 9.51. The van der Waals surface area contributed by atoms with Gasteiger partial charge in [-0.1, -0.05) is 48.9 Å². The van der Waals surface area contributed by atoms with Crippen LogP contribution in [-0.2, 0) is 20.2 Å². The Balaban J connectivity index is 1.56. The maximum Gasteiger partial charge on any atom is 0.252 e. The summed E-state index contributed by atoms with van der Waals surface area (Å²) in [4.78, 5) is 13.3. The van der Waals surface area contributed by atoms with E-state index < -0.39 is 10.0 Å². The molecule has 0 spiro atoms. The standard InChI is InChI=1S/C24H30N2O4S/c27-23(25-19-24(13-17-30-18-14-24)20-9-3-1-4-10-20)21-11-5-6-12-22(21)31(28,29)26-15-7-2-8-16-26/h1,3-6,9-12H,2,7-8,13-19H2,(H,25,27). The van der Waals surface area contributed by atoms with Crippen LogP contribution in [0.15, 0.2) is 59.5 Å². The van der Waals surface area contributed by atoms with Crippen molar-refractivity contribution in [1.29, 1.82) is 0 Å². The molecular weight excluding hydrogens is 412 g/mol. The van der Waals surface area contributed by atoms with Crippen molar-refractivity contribution in [2.24, 2.45) is 0 Å². The fourth-order valence-electron chi connectivity index (χ4n) is 4.59. The third kappa shape index (κ3) is 4.68. The Hall–Kier alpha value is -2.22. The smallest absolute Gasteiger partial charge is 0.252 e. The van der Waals surface area contributed by atoms with Crippen LogP contribution in [0.5, 0.6) is 0 Å². The number of hydrogen-bond acceptors (Lipinski definition) is 4. The number of piperidine rings is 1. The van der Waals surface area contributed by atoms with Crippen LogP contribution < -0.4 is 5.32 Å². The first-order valence-electron chi connectivity index (χ1n) is 11.0. The predicted octanol–water partition coefficient (Wildman–Crippen LogP) is 3.34. The van der Waals surface area contributed by atoms with Crippen molar-refractivity contribution in [3.05, 3.63) is 65.7 Å². The first kappa shape index (κ1) is 22.0. The Morgan fingerprint density at radius 2 is 1.58 bits per heavy atom. The lowest BCUT2D eigenvalue weighted by Crippen LogP contribution is -2.45. The lowest BCUT2D eigenvalue weighted by molar-refractivity contribution is 0.0487. The zero-order valence-corrected chi connectivity index (χ0v) is 18.6. The van der Waals surface area contributed by atoms with Crippen LogP contribution in [0.1, 0.15) is 48.0 Å². The first-order chi connectivity index (χ1) is 15.0. The lowest BCUT2D eigenvalue weighted by Gasteiger charge is -2.38. The Morgan fingerprint density at radius 1 is 0.935 bits per heavy atom. The number of rotatable bonds is 6. The summed E-state index contributed by atoms with van der Waals surface area (Å²) in [6.45, 7) is 2.75. The fourth-order valence-corrected chi connectivity index (χ4v) is 6.30. The summed E-state index contributed by atoms with van der Waals surface area (Å²) in [6.07, 6.45) is 4.37. The van der Waals surface area contributed by atoms with Gasteiger partial charge in [-0.05, 0) is 43.4 Å². The van der Waals surface area contributed by atoms with E-state index in [0.29, 0.717) is 32.8 Å². The number of carbonyl (C=O) groups is 1. The van der Waals surface area contributed by atoms with Gasteiger partial charge in [-0.2, -0.15) is 4.31 Å². The summed E-state index contributed by atoms with van der Waals surface area (Å²) < 4.78 is 33.5. The third-order valence-electron chi connectivity index (χ3n) is 6.49. The van der Waals surface area contributed by atoms with E-state index in [9.17, 15) is 13.2 Å². The van der Waals surface area contributed by atoms with Crippen LogP contribution in [0.2, 0.25) is 0 Å². The highest BCUT2D eigenvalue weighted by atomic mass is 32.2. The maximum atomic E-state index is 13.2. The molecular formula is C24H30N2O4S. The van der Waals surface area contributed by atoms with Gasteiger partial charge in [0.05, 0.1) is 10.5 Å². The highest BCUT2D eigenvalue weighted by molar-refractivity contribution is 7.89. The molecule has 2 aliphatic rings. The summed E-state index contributed by atoms with van der Waals surface area (Å²) in [7, 11) is -3.70. The van der Waals surface area contributed by atoms with Crippen LogP contribution >= 0.6 is 0 Å². The van der Waals surface area contributed by atoms with Crippen molar-refractivity contribution in [2.75, 3.05) is 32.8 Å². The molecule has 1 amide bonds. The van der Waals surface area contributed by atoms with E-state index >= 15 is 0 Å². The topological polar surface area (TPSA) is 75.7 Å². The molecule has 166 valence electrons. The molecule has 0 aromatic heterocycles. The molecule has 2 aliphatic heterocycles. The van der Waals surface area contributed by atoms with Gasteiger partial charge in [-0.3, -0.25) is 4.79 Å². The average Bonchev–Trinajstić information content (AvgIpc) is 2.84. The average molecular weight is 443 g/mol. The van der Waals surface area contributed by atoms with Crippen molar-refractivity contribution < 1.29 is 17.9 Å². The molecule has 2 saturated heterocycles. The number of nitrogens with zero attached hydrogens (tertiary/aromatic N) is 1. The van der Waals surface area contributed by atoms with Crippen LogP contribution in [0.4, 0.5) is 0 Å². The first-order valence-corrected chi connectivity index (χ1v) is 12.5. The zero-order chi connectivity index (χ0) is 21.7. The van der Waals surface area contributed by atoms with Gasteiger partial charge in [-0.15, -0.1) is 0 Å². The Morgan fingerprint density at radius 3 is 2.29 bits per heavy atom. The van der Waals surface area contributed by atoms with Crippen LogP contribution in [0.25, 0.3) is 0 Å². The minimum atomic E-state index is -3.70. The van der Waals surface area contributed by atoms with Crippen LogP contribution in [-0.4, -0.2) is 51.5 Å². The molecule has 1 N–H and O–H groups in total.